The first-order valence-corrected chi connectivity index (χ1v) is 11.3. The molecule has 2 aliphatic rings. The summed E-state index contributed by atoms with van der Waals surface area (Å²) in [4.78, 5) is 13.7. The van der Waals surface area contributed by atoms with Gasteiger partial charge in [-0.15, -0.1) is 11.3 Å². The molecule has 2 aliphatic carbocycles. The molecule has 0 unspecified atom stereocenters. The van der Waals surface area contributed by atoms with Gasteiger partial charge in [-0.1, -0.05) is 12.1 Å². The molecule has 4 rings (SSSR count). The van der Waals surface area contributed by atoms with Crippen LogP contribution in [0.5, 0.6) is 0 Å². The molecule has 0 saturated heterocycles. The summed E-state index contributed by atoms with van der Waals surface area (Å²) < 4.78 is 27.6. The van der Waals surface area contributed by atoms with Gasteiger partial charge < -0.3 is 5.32 Å². The maximum absolute atomic E-state index is 12.6. The van der Waals surface area contributed by atoms with Gasteiger partial charge >= 0.3 is 0 Å². The Balaban J connectivity index is 1.45. The first-order chi connectivity index (χ1) is 12.5. The van der Waals surface area contributed by atoms with Crippen LogP contribution in [0.1, 0.15) is 40.9 Å². The second kappa shape index (κ2) is 7.13. The van der Waals surface area contributed by atoms with Crippen LogP contribution in [0.2, 0.25) is 0 Å². The highest BCUT2D eigenvalue weighted by molar-refractivity contribution is 7.89. The van der Waals surface area contributed by atoms with Crippen LogP contribution in [0.4, 0.5) is 0 Å². The zero-order valence-electron chi connectivity index (χ0n) is 14.4. The Labute approximate surface area is 157 Å². The third-order valence-electron chi connectivity index (χ3n) is 4.98. The van der Waals surface area contributed by atoms with Crippen molar-refractivity contribution in [1.82, 2.24) is 10.0 Å². The van der Waals surface area contributed by atoms with Gasteiger partial charge in [0.25, 0.3) is 5.91 Å². The van der Waals surface area contributed by atoms with Crippen molar-refractivity contribution in [3.05, 3.63) is 52.2 Å². The standard InChI is InChI=1S/C19H22N2O3S2/c22-19(21-18(13-6-7-13)14-8-9-14)15-3-1-5-17(11-15)26(23,24)20-12-16-4-2-10-25-16/h1-5,10-11,13-14,18,20H,6-9,12H2,(H,21,22). The molecular weight excluding hydrogens is 368 g/mol. The fourth-order valence-electron chi connectivity index (χ4n) is 3.23. The lowest BCUT2D eigenvalue weighted by Crippen LogP contribution is -2.38. The number of rotatable bonds is 8. The maximum atomic E-state index is 12.6. The molecule has 2 N–H and O–H groups in total. The van der Waals surface area contributed by atoms with Crippen molar-refractivity contribution in [2.75, 3.05) is 0 Å². The van der Waals surface area contributed by atoms with Crippen molar-refractivity contribution in [2.24, 2.45) is 11.8 Å². The number of hydrogen-bond acceptors (Lipinski definition) is 4. The lowest BCUT2D eigenvalue weighted by molar-refractivity contribution is 0.0926. The van der Waals surface area contributed by atoms with Gasteiger partial charge in [-0.05, 0) is 67.2 Å². The van der Waals surface area contributed by atoms with E-state index < -0.39 is 10.0 Å². The van der Waals surface area contributed by atoms with Gasteiger partial charge in [-0.3, -0.25) is 4.79 Å². The van der Waals surface area contributed by atoms with Crippen LogP contribution in [-0.2, 0) is 16.6 Å². The second-order valence-electron chi connectivity index (χ2n) is 7.11. The van der Waals surface area contributed by atoms with Crippen molar-refractivity contribution in [3.8, 4) is 0 Å². The molecule has 1 aromatic heterocycles. The van der Waals surface area contributed by atoms with Crippen LogP contribution in [0.3, 0.4) is 0 Å². The summed E-state index contributed by atoms with van der Waals surface area (Å²) in [6.45, 7) is 0.252. The molecule has 5 nitrogen and oxygen atoms in total. The molecule has 2 saturated carbocycles. The second-order valence-corrected chi connectivity index (χ2v) is 9.91. The Morgan fingerprint density at radius 2 is 1.85 bits per heavy atom. The number of benzene rings is 1. The van der Waals surface area contributed by atoms with Gasteiger partial charge in [0.05, 0.1) is 4.90 Å². The smallest absolute Gasteiger partial charge is 0.251 e. The summed E-state index contributed by atoms with van der Waals surface area (Å²) in [6, 6.07) is 10.3. The van der Waals surface area contributed by atoms with Gasteiger partial charge in [0, 0.05) is 23.0 Å². The topological polar surface area (TPSA) is 75.3 Å². The first kappa shape index (κ1) is 17.7. The van der Waals surface area contributed by atoms with E-state index in [1.807, 2.05) is 17.5 Å². The predicted molar refractivity (Wildman–Crippen MR) is 101 cm³/mol. The third-order valence-corrected chi connectivity index (χ3v) is 7.26. The normalized spacial score (nSPS) is 17.4. The van der Waals surface area contributed by atoms with Crippen molar-refractivity contribution in [3.63, 3.8) is 0 Å². The zero-order chi connectivity index (χ0) is 18.1. The lowest BCUT2D eigenvalue weighted by atomic mass is 10.1. The largest absolute Gasteiger partial charge is 0.349 e. The third kappa shape index (κ3) is 4.16. The Kier molecular flexibility index (Phi) is 4.86. The number of amides is 1. The van der Waals surface area contributed by atoms with Crippen LogP contribution in [-0.4, -0.2) is 20.4 Å². The quantitative estimate of drug-likeness (QED) is 0.727. The van der Waals surface area contributed by atoms with Gasteiger partial charge in [0.2, 0.25) is 10.0 Å². The van der Waals surface area contributed by atoms with Crippen LogP contribution in [0.15, 0.2) is 46.7 Å². The highest BCUT2D eigenvalue weighted by atomic mass is 32.2. The molecular formula is C19H22N2O3S2. The number of carbonyl (C=O) groups excluding carboxylic acids is 1. The molecule has 0 radical (unpaired) electrons. The Hall–Kier alpha value is -1.70. The number of sulfonamides is 1. The molecule has 0 bridgehead atoms. The SMILES string of the molecule is O=C(NC(C1CC1)C1CC1)c1cccc(S(=O)(=O)NCc2cccs2)c1. The minimum atomic E-state index is -3.65. The van der Waals surface area contributed by atoms with Gasteiger partial charge in [0.15, 0.2) is 0 Å². The molecule has 0 atom stereocenters. The van der Waals surface area contributed by atoms with E-state index in [-0.39, 0.29) is 23.4 Å². The minimum Gasteiger partial charge on any atom is -0.349 e. The molecule has 138 valence electrons. The average Bonchev–Trinajstić information content (AvgIpc) is 3.57. The van der Waals surface area contributed by atoms with Crippen LogP contribution >= 0.6 is 11.3 Å². The van der Waals surface area contributed by atoms with Crippen molar-refractivity contribution in [1.29, 1.82) is 0 Å². The van der Waals surface area contributed by atoms with E-state index in [1.54, 1.807) is 12.1 Å². The van der Waals surface area contributed by atoms with E-state index >= 15 is 0 Å². The van der Waals surface area contributed by atoms with E-state index in [0.29, 0.717) is 17.4 Å². The number of thiophene rings is 1. The molecule has 1 heterocycles. The van der Waals surface area contributed by atoms with Gasteiger partial charge in [-0.25, -0.2) is 13.1 Å². The molecule has 0 aliphatic heterocycles. The molecule has 7 heteroatoms. The van der Waals surface area contributed by atoms with Crippen LogP contribution < -0.4 is 10.0 Å². The summed E-state index contributed by atoms with van der Waals surface area (Å²) in [5, 5.41) is 5.05. The van der Waals surface area contributed by atoms with Crippen LogP contribution in [0.25, 0.3) is 0 Å². The summed E-state index contributed by atoms with van der Waals surface area (Å²) in [5.74, 6) is 1.03. The summed E-state index contributed by atoms with van der Waals surface area (Å²) in [6.07, 6.45) is 4.73. The van der Waals surface area contributed by atoms with Crippen molar-refractivity contribution in [2.45, 2.75) is 43.2 Å². The Bertz CT molecular complexity index is 873. The average molecular weight is 391 g/mol. The van der Waals surface area contributed by atoms with E-state index in [9.17, 15) is 13.2 Å². The highest BCUT2D eigenvalue weighted by Gasteiger charge is 2.42. The molecule has 2 aromatic rings. The summed E-state index contributed by atoms with van der Waals surface area (Å²) in [7, 11) is -3.65. The zero-order valence-corrected chi connectivity index (χ0v) is 16.0. The monoisotopic (exact) mass is 390 g/mol. The van der Waals surface area contributed by atoms with Crippen molar-refractivity contribution >= 4 is 27.3 Å². The molecule has 1 aromatic carbocycles. The Morgan fingerprint density at radius 1 is 1.12 bits per heavy atom. The van der Waals surface area contributed by atoms with Gasteiger partial charge in [0.1, 0.15) is 0 Å². The number of hydrogen-bond donors (Lipinski definition) is 2. The molecule has 26 heavy (non-hydrogen) atoms. The van der Waals surface area contributed by atoms with E-state index in [0.717, 1.165) is 4.88 Å². The molecule has 2 fully saturated rings. The molecule has 1 amide bonds. The molecule has 0 spiro atoms. The lowest BCUT2D eigenvalue weighted by Gasteiger charge is -2.18. The van der Waals surface area contributed by atoms with E-state index in [4.69, 9.17) is 0 Å². The van der Waals surface area contributed by atoms with Gasteiger partial charge in [-0.2, -0.15) is 0 Å². The number of carbonyl (C=O) groups is 1. The fraction of sp³-hybridized carbons (Fsp3) is 0.421. The highest BCUT2D eigenvalue weighted by Crippen LogP contribution is 2.44. The Morgan fingerprint density at radius 3 is 2.46 bits per heavy atom. The van der Waals surface area contributed by atoms with E-state index in [2.05, 4.69) is 10.0 Å². The fourth-order valence-corrected chi connectivity index (χ4v) is 5.02. The predicted octanol–water partition coefficient (Wildman–Crippen LogP) is 3.15. The van der Waals surface area contributed by atoms with Crippen LogP contribution in [0, 0.1) is 11.8 Å². The van der Waals surface area contributed by atoms with E-state index in [1.165, 1.54) is 49.2 Å². The summed E-state index contributed by atoms with van der Waals surface area (Å²) in [5.41, 5.74) is 0.398. The first-order valence-electron chi connectivity index (χ1n) is 8.96. The van der Waals surface area contributed by atoms with Crippen molar-refractivity contribution < 1.29 is 13.2 Å². The minimum absolute atomic E-state index is 0.121. The summed E-state index contributed by atoms with van der Waals surface area (Å²) >= 11 is 1.50. The maximum Gasteiger partial charge on any atom is 0.251 e. The number of nitrogens with one attached hydrogen (secondary N) is 2.